The van der Waals surface area contributed by atoms with E-state index in [4.69, 9.17) is 14.2 Å². The molecule has 3 heterocycles. The predicted molar refractivity (Wildman–Crippen MR) is 114 cm³/mol. The van der Waals surface area contributed by atoms with E-state index in [1.54, 1.807) is 0 Å². The summed E-state index contributed by atoms with van der Waals surface area (Å²) in [5.74, 6) is 0.942. The van der Waals surface area contributed by atoms with Crippen LogP contribution in [0.2, 0.25) is 0 Å². The molecule has 0 spiro atoms. The van der Waals surface area contributed by atoms with Gasteiger partial charge in [0.1, 0.15) is 19.3 Å². The van der Waals surface area contributed by atoms with Crippen LogP contribution in [-0.4, -0.2) is 18.5 Å². The zero-order chi connectivity index (χ0) is 21.1. The van der Waals surface area contributed by atoms with Crippen LogP contribution in [0, 0.1) is 0 Å². The number of ether oxygens (including phenoxy) is 3. The van der Waals surface area contributed by atoms with E-state index in [0.29, 0.717) is 25.0 Å². The van der Waals surface area contributed by atoms with Crippen molar-refractivity contribution in [3.8, 4) is 0 Å². The number of cyclic esters (lactones) is 2. The van der Waals surface area contributed by atoms with Crippen LogP contribution in [0.15, 0.2) is 30.8 Å². The molecule has 158 valence electrons. The van der Waals surface area contributed by atoms with Crippen LogP contribution in [0.3, 0.4) is 0 Å². The van der Waals surface area contributed by atoms with Crippen LogP contribution in [0.1, 0.15) is 97.7 Å². The lowest BCUT2D eigenvalue weighted by molar-refractivity contribution is 0.0526. The molecule has 1 saturated heterocycles. The molecule has 2 aromatic carbocycles. The van der Waals surface area contributed by atoms with E-state index < -0.39 is 0 Å². The van der Waals surface area contributed by atoms with Gasteiger partial charge in [0.2, 0.25) is 0 Å². The molecule has 0 radical (unpaired) electrons. The van der Waals surface area contributed by atoms with Crippen molar-refractivity contribution in [1.29, 1.82) is 0 Å². The van der Waals surface area contributed by atoms with Gasteiger partial charge in [-0.15, -0.1) is 0 Å². The molecule has 5 aliphatic rings. The molecule has 1 atom stereocenters. The van der Waals surface area contributed by atoms with Crippen LogP contribution >= 0.6 is 0 Å². The molecule has 5 nitrogen and oxygen atoms in total. The first-order valence-electron chi connectivity index (χ1n) is 11.0. The number of epoxide rings is 1. The summed E-state index contributed by atoms with van der Waals surface area (Å²) in [7, 11) is 0. The fourth-order valence-corrected chi connectivity index (χ4v) is 4.60. The summed E-state index contributed by atoms with van der Waals surface area (Å²) in [4.78, 5) is 22.9. The average molecular weight is 416 g/mol. The van der Waals surface area contributed by atoms with Gasteiger partial charge >= 0.3 is 11.9 Å². The van der Waals surface area contributed by atoms with Gasteiger partial charge in [-0.2, -0.15) is 0 Å². The maximum absolute atomic E-state index is 11.5. The Kier molecular flexibility index (Phi) is 4.29. The van der Waals surface area contributed by atoms with Gasteiger partial charge in [0.15, 0.2) is 0 Å². The smallest absolute Gasteiger partial charge is 0.338 e. The van der Waals surface area contributed by atoms with Crippen molar-refractivity contribution < 1.29 is 23.8 Å². The van der Waals surface area contributed by atoms with Gasteiger partial charge in [0.05, 0.1) is 17.7 Å². The fourth-order valence-electron chi connectivity index (χ4n) is 4.60. The fraction of sp³-hybridized carbons (Fsp3) is 0.385. The van der Waals surface area contributed by atoms with Crippen LogP contribution < -0.4 is 0 Å². The number of hydrogen-bond donors (Lipinski definition) is 0. The highest BCUT2D eigenvalue weighted by atomic mass is 16.6. The standard InChI is InChI=1S/C13H12O3.C13H12O2/c14-13-10-4-9(7-1-2-7)11(12-6-15-12)3-8(10)5-16-13;1-2-8-5-10-7-15-13(14)12(10)6-11(8)9-3-4-9/h3-4,7,12H,1-2,5-6H2;2,5-6,9H,1,3-4,7H2. The first-order chi connectivity index (χ1) is 15.1. The number of carbonyl (C=O) groups is 2. The van der Waals surface area contributed by atoms with Gasteiger partial charge in [0.25, 0.3) is 0 Å². The Bertz CT molecular complexity index is 1120. The molecule has 2 aromatic rings. The van der Waals surface area contributed by atoms with Crippen LogP contribution in [0.5, 0.6) is 0 Å². The molecule has 5 heteroatoms. The minimum atomic E-state index is -0.178. The second-order valence-electron chi connectivity index (χ2n) is 9.00. The van der Waals surface area contributed by atoms with E-state index in [-0.39, 0.29) is 18.0 Å². The molecule has 2 aliphatic carbocycles. The molecule has 0 bridgehead atoms. The third-order valence-electron chi connectivity index (χ3n) is 6.71. The number of rotatable bonds is 4. The maximum atomic E-state index is 11.5. The first kappa shape index (κ1) is 18.8. The van der Waals surface area contributed by atoms with E-state index >= 15 is 0 Å². The highest BCUT2D eigenvalue weighted by Crippen LogP contribution is 2.47. The Balaban J connectivity index is 0.000000120. The van der Waals surface area contributed by atoms with Crippen LogP contribution in [-0.2, 0) is 27.4 Å². The molecular formula is C26H24O5. The molecular weight excluding hydrogens is 392 g/mol. The van der Waals surface area contributed by atoms with Crippen molar-refractivity contribution in [3.05, 3.63) is 75.4 Å². The van der Waals surface area contributed by atoms with E-state index in [2.05, 4.69) is 12.6 Å². The summed E-state index contributed by atoms with van der Waals surface area (Å²) in [6.45, 7) is 5.49. The van der Waals surface area contributed by atoms with Crippen molar-refractivity contribution >= 4 is 18.0 Å². The molecule has 31 heavy (non-hydrogen) atoms. The monoisotopic (exact) mass is 416 g/mol. The number of hydrogen-bond acceptors (Lipinski definition) is 5. The Morgan fingerprint density at radius 1 is 0.774 bits per heavy atom. The van der Waals surface area contributed by atoms with Gasteiger partial charge < -0.3 is 14.2 Å². The topological polar surface area (TPSA) is 65.1 Å². The molecule has 7 rings (SSSR count). The molecule has 0 N–H and O–H groups in total. The van der Waals surface area contributed by atoms with Crippen molar-refractivity contribution in [3.63, 3.8) is 0 Å². The third-order valence-corrected chi connectivity index (χ3v) is 6.71. The molecule has 1 unspecified atom stereocenters. The van der Waals surface area contributed by atoms with Gasteiger partial charge in [-0.05, 0) is 84.0 Å². The summed E-state index contributed by atoms with van der Waals surface area (Å²) in [5, 5.41) is 0. The summed E-state index contributed by atoms with van der Waals surface area (Å²) < 4.78 is 15.4. The third kappa shape index (κ3) is 3.47. The normalized spacial score (nSPS) is 22.6. The van der Waals surface area contributed by atoms with Crippen LogP contribution in [0.25, 0.3) is 6.08 Å². The number of esters is 2. The average Bonchev–Trinajstić information content (AvgIpc) is 3.67. The lowest BCUT2D eigenvalue weighted by atomic mass is 9.95. The second-order valence-corrected chi connectivity index (χ2v) is 9.00. The Labute approximate surface area is 181 Å². The lowest BCUT2D eigenvalue weighted by Crippen LogP contribution is -1.98. The molecule has 0 amide bonds. The van der Waals surface area contributed by atoms with Crippen molar-refractivity contribution in [2.75, 3.05) is 6.61 Å². The van der Waals surface area contributed by atoms with Gasteiger partial charge in [0, 0.05) is 11.1 Å². The lowest BCUT2D eigenvalue weighted by Gasteiger charge is -2.08. The van der Waals surface area contributed by atoms with Crippen molar-refractivity contribution in [2.24, 2.45) is 0 Å². The quantitative estimate of drug-likeness (QED) is 0.507. The van der Waals surface area contributed by atoms with Crippen LogP contribution in [0.4, 0.5) is 0 Å². The molecule has 3 fully saturated rings. The predicted octanol–water partition coefficient (Wildman–Crippen LogP) is 5.18. The number of fused-ring (bicyclic) bond motifs is 2. The molecule has 3 aliphatic heterocycles. The van der Waals surface area contributed by atoms with Gasteiger partial charge in [-0.25, -0.2) is 9.59 Å². The Hall–Kier alpha value is -2.92. The largest absolute Gasteiger partial charge is 0.457 e. The second kappa shape index (κ2) is 7.06. The molecule has 0 aromatic heterocycles. The van der Waals surface area contributed by atoms with E-state index in [9.17, 15) is 9.59 Å². The minimum Gasteiger partial charge on any atom is -0.457 e. The Morgan fingerprint density at radius 3 is 1.87 bits per heavy atom. The summed E-state index contributed by atoms with van der Waals surface area (Å²) in [6.07, 6.45) is 7.10. The summed E-state index contributed by atoms with van der Waals surface area (Å²) >= 11 is 0. The highest BCUT2D eigenvalue weighted by molar-refractivity contribution is 5.94. The first-order valence-corrected chi connectivity index (χ1v) is 11.0. The minimum absolute atomic E-state index is 0.167. The zero-order valence-corrected chi connectivity index (χ0v) is 17.3. The van der Waals surface area contributed by atoms with E-state index in [1.807, 2.05) is 24.3 Å². The number of benzene rings is 2. The molecule has 2 saturated carbocycles. The maximum Gasteiger partial charge on any atom is 0.338 e. The van der Waals surface area contributed by atoms with Gasteiger partial charge in [-0.1, -0.05) is 12.7 Å². The summed E-state index contributed by atoms with van der Waals surface area (Å²) in [6, 6.07) is 8.20. The van der Waals surface area contributed by atoms with Crippen molar-refractivity contribution in [2.45, 2.75) is 56.8 Å². The highest BCUT2D eigenvalue weighted by Gasteiger charge is 2.36. The van der Waals surface area contributed by atoms with Gasteiger partial charge in [-0.3, -0.25) is 0 Å². The summed E-state index contributed by atoms with van der Waals surface area (Å²) in [5.41, 5.74) is 8.59. The zero-order valence-electron chi connectivity index (χ0n) is 17.3. The van der Waals surface area contributed by atoms with E-state index in [1.165, 1.54) is 42.4 Å². The Morgan fingerprint density at radius 2 is 1.32 bits per heavy atom. The SMILES string of the molecule is C=Cc1cc2c(cc1C1CC1)C(=O)OC2.O=C1OCc2cc(C3CO3)c(C3CC3)cc21. The number of carbonyl (C=O) groups excluding carboxylic acids is 2. The van der Waals surface area contributed by atoms with E-state index in [0.717, 1.165) is 34.4 Å². The van der Waals surface area contributed by atoms with Crippen molar-refractivity contribution in [1.82, 2.24) is 0 Å².